The molecule has 14 heteroatoms. The molecule has 4 atom stereocenters. The molecule has 24 heavy (non-hydrogen) atoms. The Morgan fingerprint density at radius 3 is 2.62 bits per heavy atom. The second-order valence-corrected chi connectivity index (χ2v) is 6.08. The molecule has 2 rings (SSSR count). The molecule has 0 amide bonds. The normalized spacial score (nSPS) is 27.2. The Kier molecular flexibility index (Phi) is 5.35. The van der Waals surface area contributed by atoms with Crippen LogP contribution in [0, 0.1) is 0 Å². The van der Waals surface area contributed by atoms with Gasteiger partial charge in [0.1, 0.15) is 18.3 Å². The quantitative estimate of drug-likeness (QED) is 0.174. The molecule has 134 valence electrons. The lowest BCUT2D eigenvalue weighted by atomic mass is 10.1. The third-order valence-electron chi connectivity index (χ3n) is 3.08. The largest absolute Gasteiger partial charge is 0.469 e. The summed E-state index contributed by atoms with van der Waals surface area (Å²) in [5.74, 6) is -0.368. The van der Waals surface area contributed by atoms with Crippen molar-refractivity contribution < 1.29 is 33.8 Å². The van der Waals surface area contributed by atoms with E-state index in [1.165, 1.54) is 12.3 Å². The maximum Gasteiger partial charge on any atom is 0.469 e. The summed E-state index contributed by atoms with van der Waals surface area (Å²) in [6.07, 6.45) is -4.50. The molecule has 0 saturated carbocycles. The van der Waals surface area contributed by atoms with Gasteiger partial charge in [-0.3, -0.25) is 9.09 Å². The molecular weight excluding hydrogens is 349 g/mol. The molecule has 2 unspecified atom stereocenters. The first-order chi connectivity index (χ1) is 11.1. The van der Waals surface area contributed by atoms with Crippen LogP contribution in [0.2, 0.25) is 0 Å². The highest BCUT2D eigenvalue weighted by Gasteiger charge is 2.44. The summed E-state index contributed by atoms with van der Waals surface area (Å²) < 4.78 is 21.0. The fourth-order valence-electron chi connectivity index (χ4n) is 2.06. The standard InChI is InChI=1S/C10H16N5O8P/c11-9(12)13-5-1-2-15(10(18)14-5)8-7(17)6(16)4(23-8)3-22-24(19,20)21/h1-2,4,6-8,16-17H,3H2,(H2,19,20,21)(H4,11,12,13,14,18)/t4-,6?,7?,8-/m1/s1. The smallest absolute Gasteiger partial charge is 0.387 e. The van der Waals surface area contributed by atoms with E-state index in [2.05, 4.69) is 14.5 Å². The van der Waals surface area contributed by atoms with E-state index in [4.69, 9.17) is 26.0 Å². The SMILES string of the molecule is NC(N)=Nc1ccn([C@@H]2O[C@H](COP(=O)(O)O)C(O)C2O)c(=O)n1. The molecule has 0 bridgehead atoms. The number of aromatic nitrogens is 2. The maximum atomic E-state index is 12.0. The predicted molar refractivity (Wildman–Crippen MR) is 77.9 cm³/mol. The van der Waals surface area contributed by atoms with Crippen LogP contribution in [0.25, 0.3) is 0 Å². The van der Waals surface area contributed by atoms with Gasteiger partial charge in [-0.15, -0.1) is 0 Å². The Morgan fingerprint density at radius 1 is 1.42 bits per heavy atom. The minimum Gasteiger partial charge on any atom is -0.387 e. The van der Waals surface area contributed by atoms with Crippen molar-refractivity contribution in [1.82, 2.24) is 9.55 Å². The van der Waals surface area contributed by atoms with Crippen LogP contribution in [0.15, 0.2) is 22.1 Å². The summed E-state index contributed by atoms with van der Waals surface area (Å²) in [5.41, 5.74) is 9.46. The van der Waals surface area contributed by atoms with Crippen LogP contribution >= 0.6 is 7.82 Å². The average Bonchev–Trinajstić information content (AvgIpc) is 2.72. The van der Waals surface area contributed by atoms with Crippen molar-refractivity contribution in [3.05, 3.63) is 22.7 Å². The second kappa shape index (κ2) is 6.94. The van der Waals surface area contributed by atoms with Crippen molar-refractivity contribution >= 4 is 19.6 Å². The number of aliphatic hydroxyl groups is 2. The molecule has 8 N–H and O–H groups in total. The van der Waals surface area contributed by atoms with Crippen molar-refractivity contribution in [3.63, 3.8) is 0 Å². The van der Waals surface area contributed by atoms with E-state index >= 15 is 0 Å². The van der Waals surface area contributed by atoms with Crippen LogP contribution in [0.5, 0.6) is 0 Å². The maximum absolute atomic E-state index is 12.0. The molecule has 1 fully saturated rings. The Morgan fingerprint density at radius 2 is 2.08 bits per heavy atom. The molecule has 1 aromatic rings. The van der Waals surface area contributed by atoms with E-state index < -0.39 is 44.7 Å². The molecule has 0 spiro atoms. The van der Waals surface area contributed by atoms with Gasteiger partial charge < -0.3 is 36.2 Å². The van der Waals surface area contributed by atoms with E-state index in [0.29, 0.717) is 0 Å². The summed E-state index contributed by atoms with van der Waals surface area (Å²) in [7, 11) is -4.78. The number of aliphatic hydroxyl groups excluding tert-OH is 2. The zero-order valence-corrected chi connectivity index (χ0v) is 12.9. The number of hydrogen-bond donors (Lipinski definition) is 6. The highest BCUT2D eigenvalue weighted by atomic mass is 31.2. The molecule has 2 heterocycles. The molecule has 0 aliphatic carbocycles. The van der Waals surface area contributed by atoms with Crippen molar-refractivity contribution in [2.24, 2.45) is 16.5 Å². The molecule has 0 radical (unpaired) electrons. The van der Waals surface area contributed by atoms with Crippen LogP contribution in [0.3, 0.4) is 0 Å². The lowest BCUT2D eigenvalue weighted by molar-refractivity contribution is -0.0542. The summed E-state index contributed by atoms with van der Waals surface area (Å²) >= 11 is 0. The van der Waals surface area contributed by atoms with Gasteiger partial charge in [0.2, 0.25) is 0 Å². The number of guanidine groups is 1. The third kappa shape index (κ3) is 4.36. The van der Waals surface area contributed by atoms with Crippen LogP contribution in [0.4, 0.5) is 5.82 Å². The number of phosphoric acid groups is 1. The summed E-state index contributed by atoms with van der Waals surface area (Å²) in [6, 6.07) is 1.27. The minimum absolute atomic E-state index is 0.0642. The number of nitrogens with zero attached hydrogens (tertiary/aromatic N) is 3. The number of nitrogens with two attached hydrogens (primary N) is 2. The molecule has 13 nitrogen and oxygen atoms in total. The fraction of sp³-hybridized carbons (Fsp3) is 0.500. The average molecular weight is 365 g/mol. The lowest BCUT2D eigenvalue weighted by Crippen LogP contribution is -2.36. The van der Waals surface area contributed by atoms with Crippen molar-refractivity contribution in [3.8, 4) is 0 Å². The monoisotopic (exact) mass is 365 g/mol. The van der Waals surface area contributed by atoms with E-state index in [9.17, 15) is 19.6 Å². The van der Waals surface area contributed by atoms with Gasteiger partial charge in [0, 0.05) is 6.20 Å². The van der Waals surface area contributed by atoms with Gasteiger partial charge in [-0.1, -0.05) is 0 Å². The van der Waals surface area contributed by atoms with Crippen LogP contribution in [-0.2, 0) is 13.8 Å². The van der Waals surface area contributed by atoms with Gasteiger partial charge in [-0.2, -0.15) is 9.98 Å². The van der Waals surface area contributed by atoms with E-state index in [1.807, 2.05) is 0 Å². The molecular formula is C10H16N5O8P. The number of hydrogen-bond acceptors (Lipinski definition) is 8. The van der Waals surface area contributed by atoms with Gasteiger partial charge in [0.15, 0.2) is 18.0 Å². The number of ether oxygens (including phenoxy) is 1. The first-order valence-electron chi connectivity index (χ1n) is 6.49. The van der Waals surface area contributed by atoms with Crippen molar-refractivity contribution in [2.45, 2.75) is 24.5 Å². The van der Waals surface area contributed by atoms with E-state index in [0.717, 1.165) is 4.57 Å². The summed E-state index contributed by atoms with van der Waals surface area (Å²) in [6.45, 7) is -0.687. The van der Waals surface area contributed by atoms with Gasteiger partial charge in [-0.25, -0.2) is 9.36 Å². The van der Waals surface area contributed by atoms with Crippen molar-refractivity contribution in [1.29, 1.82) is 0 Å². The van der Waals surface area contributed by atoms with Gasteiger partial charge >= 0.3 is 13.5 Å². The number of aliphatic imine (C=N–C) groups is 1. The zero-order valence-electron chi connectivity index (χ0n) is 12.0. The first-order valence-corrected chi connectivity index (χ1v) is 8.02. The highest BCUT2D eigenvalue weighted by molar-refractivity contribution is 7.46. The van der Waals surface area contributed by atoms with Gasteiger partial charge in [0.25, 0.3) is 0 Å². The van der Waals surface area contributed by atoms with Crippen LogP contribution < -0.4 is 17.2 Å². The highest BCUT2D eigenvalue weighted by Crippen LogP contribution is 2.38. The summed E-state index contributed by atoms with van der Waals surface area (Å²) in [5, 5.41) is 19.8. The number of phosphoric ester groups is 1. The molecule has 1 aromatic heterocycles. The molecule has 1 aliphatic rings. The first kappa shape index (κ1) is 18.5. The Balaban J connectivity index is 2.19. The molecule has 1 saturated heterocycles. The second-order valence-electron chi connectivity index (χ2n) is 4.84. The minimum atomic E-state index is -4.78. The van der Waals surface area contributed by atoms with Gasteiger partial charge in [0.05, 0.1) is 6.61 Å². The Hall–Kier alpha value is -1.86. The molecule has 0 aromatic carbocycles. The van der Waals surface area contributed by atoms with Crippen molar-refractivity contribution in [2.75, 3.05) is 6.61 Å². The lowest BCUT2D eigenvalue weighted by Gasteiger charge is -2.17. The zero-order chi connectivity index (χ0) is 18.1. The Labute approximate surface area is 134 Å². The van der Waals surface area contributed by atoms with Crippen LogP contribution in [-0.4, -0.2) is 60.4 Å². The fourth-order valence-corrected chi connectivity index (χ4v) is 2.40. The number of rotatable bonds is 5. The van der Waals surface area contributed by atoms with E-state index in [1.54, 1.807) is 0 Å². The third-order valence-corrected chi connectivity index (χ3v) is 3.56. The predicted octanol–water partition coefficient (Wildman–Crippen LogP) is -3.12. The van der Waals surface area contributed by atoms with Gasteiger partial charge in [-0.05, 0) is 6.07 Å². The van der Waals surface area contributed by atoms with Crippen LogP contribution in [0.1, 0.15) is 6.23 Å². The van der Waals surface area contributed by atoms with E-state index in [-0.39, 0.29) is 11.8 Å². The molecule has 1 aliphatic heterocycles. The topological polar surface area (TPSA) is 216 Å². The summed E-state index contributed by atoms with van der Waals surface area (Å²) in [4.78, 5) is 36.4. The Bertz CT molecular complexity index is 728.